The molecular weight excluding hydrogens is 336 g/mol. The van der Waals surface area contributed by atoms with Crippen molar-refractivity contribution >= 4 is 28.4 Å². The molecule has 3 heterocycles. The zero-order valence-corrected chi connectivity index (χ0v) is 15.7. The molecule has 3 N–H and O–H groups in total. The highest BCUT2D eigenvalue weighted by Gasteiger charge is 2.10. The lowest BCUT2D eigenvalue weighted by atomic mass is 10.0. The lowest BCUT2D eigenvalue weighted by Gasteiger charge is -2.12. The highest BCUT2D eigenvalue weighted by molar-refractivity contribution is 5.86. The van der Waals surface area contributed by atoms with Crippen LogP contribution in [0.1, 0.15) is 18.2 Å². The number of nitrogens with one attached hydrogen (secondary N) is 3. The summed E-state index contributed by atoms with van der Waals surface area (Å²) < 4.78 is 0. The molecule has 0 amide bonds. The molecule has 3 aromatic heterocycles. The van der Waals surface area contributed by atoms with E-state index >= 15 is 0 Å². The monoisotopic (exact) mass is 358 g/mol. The lowest BCUT2D eigenvalue weighted by Crippen LogP contribution is -2.02. The largest absolute Gasteiger partial charge is 0.373 e. The Kier molecular flexibility index (Phi) is 4.46. The summed E-state index contributed by atoms with van der Waals surface area (Å²) in [5.41, 5.74) is 6.42. The van der Waals surface area contributed by atoms with Crippen LogP contribution in [0.4, 0.5) is 17.5 Å². The Bertz CT molecular complexity index is 1070. The van der Waals surface area contributed by atoms with E-state index in [4.69, 9.17) is 0 Å². The zero-order chi connectivity index (χ0) is 18.8. The van der Waals surface area contributed by atoms with Crippen molar-refractivity contribution in [3.05, 3.63) is 60.0 Å². The van der Waals surface area contributed by atoms with Crippen LogP contribution >= 0.6 is 0 Å². The van der Waals surface area contributed by atoms with Crippen molar-refractivity contribution in [2.45, 2.75) is 20.3 Å². The van der Waals surface area contributed by atoms with E-state index in [0.29, 0.717) is 5.95 Å². The Labute approximate surface area is 158 Å². The van der Waals surface area contributed by atoms with E-state index in [2.05, 4.69) is 61.8 Å². The smallest absolute Gasteiger partial charge is 0.229 e. The summed E-state index contributed by atoms with van der Waals surface area (Å²) in [6.07, 6.45) is 4.62. The van der Waals surface area contributed by atoms with E-state index in [-0.39, 0.29) is 0 Å². The van der Waals surface area contributed by atoms with Gasteiger partial charge >= 0.3 is 0 Å². The molecular formula is C21H22N6. The maximum absolute atomic E-state index is 4.48. The molecule has 6 heteroatoms. The predicted molar refractivity (Wildman–Crippen MR) is 111 cm³/mol. The Morgan fingerprint density at radius 3 is 2.74 bits per heavy atom. The Morgan fingerprint density at radius 1 is 1.07 bits per heavy atom. The number of aromatic nitrogens is 4. The molecule has 136 valence electrons. The lowest BCUT2D eigenvalue weighted by molar-refractivity contribution is 1.10. The van der Waals surface area contributed by atoms with Crippen molar-refractivity contribution in [2.75, 3.05) is 17.7 Å². The van der Waals surface area contributed by atoms with E-state index in [0.717, 1.165) is 40.2 Å². The average Bonchev–Trinajstić information content (AvgIpc) is 3.11. The summed E-state index contributed by atoms with van der Waals surface area (Å²) in [5.74, 6) is 1.37. The SMILES string of the molecule is CCc1ccc(Nc2nc(C)cc(NC)n2)cc1-c1cc2ccncc2[nH]1. The van der Waals surface area contributed by atoms with Crippen LogP contribution in [0.2, 0.25) is 0 Å². The zero-order valence-electron chi connectivity index (χ0n) is 15.7. The van der Waals surface area contributed by atoms with Gasteiger partial charge in [-0.1, -0.05) is 13.0 Å². The highest BCUT2D eigenvalue weighted by atomic mass is 15.1. The first-order valence-corrected chi connectivity index (χ1v) is 9.02. The van der Waals surface area contributed by atoms with Crippen LogP contribution in [0.25, 0.3) is 22.2 Å². The summed E-state index contributed by atoms with van der Waals surface area (Å²) in [6.45, 7) is 4.12. The Balaban J connectivity index is 1.73. The fraction of sp³-hybridized carbons (Fsp3) is 0.190. The van der Waals surface area contributed by atoms with Gasteiger partial charge in [-0.15, -0.1) is 0 Å². The van der Waals surface area contributed by atoms with Gasteiger partial charge < -0.3 is 15.6 Å². The number of fused-ring (bicyclic) bond motifs is 1. The number of nitrogens with zero attached hydrogens (tertiary/aromatic N) is 3. The van der Waals surface area contributed by atoms with Gasteiger partial charge in [0.25, 0.3) is 0 Å². The van der Waals surface area contributed by atoms with Gasteiger partial charge in [0.2, 0.25) is 5.95 Å². The summed E-state index contributed by atoms with van der Waals surface area (Å²) in [4.78, 5) is 16.6. The minimum Gasteiger partial charge on any atom is -0.373 e. The second-order valence-corrected chi connectivity index (χ2v) is 6.46. The summed E-state index contributed by atoms with van der Waals surface area (Å²) in [5, 5.41) is 7.54. The van der Waals surface area contributed by atoms with Crippen molar-refractivity contribution in [3.8, 4) is 11.3 Å². The Morgan fingerprint density at radius 2 is 1.96 bits per heavy atom. The summed E-state index contributed by atoms with van der Waals surface area (Å²) in [7, 11) is 1.85. The van der Waals surface area contributed by atoms with Crippen molar-refractivity contribution in [2.24, 2.45) is 0 Å². The first-order valence-electron chi connectivity index (χ1n) is 9.02. The minimum absolute atomic E-state index is 0.579. The van der Waals surface area contributed by atoms with Gasteiger partial charge in [-0.3, -0.25) is 4.98 Å². The van der Waals surface area contributed by atoms with Crippen molar-refractivity contribution in [1.82, 2.24) is 19.9 Å². The van der Waals surface area contributed by atoms with Crippen LogP contribution in [0.5, 0.6) is 0 Å². The molecule has 0 unspecified atom stereocenters. The number of H-pyrrole nitrogens is 1. The molecule has 0 radical (unpaired) electrons. The number of pyridine rings is 1. The number of rotatable bonds is 5. The molecule has 0 bridgehead atoms. The predicted octanol–water partition coefficient (Wildman–Crippen LogP) is 4.68. The van der Waals surface area contributed by atoms with E-state index < -0.39 is 0 Å². The number of anilines is 3. The van der Waals surface area contributed by atoms with Crippen molar-refractivity contribution in [1.29, 1.82) is 0 Å². The molecule has 0 aliphatic carbocycles. The molecule has 6 nitrogen and oxygen atoms in total. The third-order valence-electron chi connectivity index (χ3n) is 4.57. The minimum atomic E-state index is 0.579. The van der Waals surface area contributed by atoms with Gasteiger partial charge in [-0.25, -0.2) is 4.98 Å². The highest BCUT2D eigenvalue weighted by Crippen LogP contribution is 2.30. The van der Waals surface area contributed by atoms with E-state index in [1.165, 1.54) is 11.1 Å². The average molecular weight is 358 g/mol. The molecule has 0 saturated heterocycles. The van der Waals surface area contributed by atoms with Gasteiger partial charge in [0, 0.05) is 47.3 Å². The van der Waals surface area contributed by atoms with Gasteiger partial charge in [0.1, 0.15) is 5.82 Å². The molecule has 4 rings (SSSR count). The molecule has 0 saturated carbocycles. The van der Waals surface area contributed by atoms with Gasteiger partial charge in [0.05, 0.1) is 11.7 Å². The molecule has 4 aromatic rings. The summed E-state index contributed by atoms with van der Waals surface area (Å²) in [6, 6.07) is 12.4. The van der Waals surface area contributed by atoms with Gasteiger partial charge in [0.15, 0.2) is 0 Å². The van der Waals surface area contributed by atoms with Crippen LogP contribution in [-0.4, -0.2) is 27.0 Å². The number of aryl methyl sites for hydroxylation is 2. The maximum atomic E-state index is 4.48. The van der Waals surface area contributed by atoms with Crippen LogP contribution in [-0.2, 0) is 6.42 Å². The number of hydrogen-bond donors (Lipinski definition) is 3. The molecule has 1 aromatic carbocycles. The van der Waals surface area contributed by atoms with E-state index in [1.807, 2.05) is 38.5 Å². The number of aromatic amines is 1. The van der Waals surface area contributed by atoms with Crippen LogP contribution < -0.4 is 10.6 Å². The van der Waals surface area contributed by atoms with Crippen LogP contribution in [0, 0.1) is 6.92 Å². The molecule has 0 aliphatic rings. The summed E-state index contributed by atoms with van der Waals surface area (Å²) >= 11 is 0. The molecule has 27 heavy (non-hydrogen) atoms. The van der Waals surface area contributed by atoms with Gasteiger partial charge in [-0.05, 0) is 43.2 Å². The first-order chi connectivity index (χ1) is 13.2. The first kappa shape index (κ1) is 17.0. The molecule has 0 aliphatic heterocycles. The Hall–Kier alpha value is -3.41. The van der Waals surface area contributed by atoms with E-state index in [9.17, 15) is 0 Å². The van der Waals surface area contributed by atoms with Crippen molar-refractivity contribution < 1.29 is 0 Å². The molecule has 0 fully saturated rings. The standard InChI is InChI=1S/C21H22N6/c1-4-14-5-6-16(25-21-24-13(2)9-20(22-3)27-21)11-17(14)18-10-15-7-8-23-12-19(15)26-18/h5-12,26H,4H2,1-3H3,(H2,22,24,25,27). The quantitative estimate of drug-likeness (QED) is 0.483. The van der Waals surface area contributed by atoms with Crippen LogP contribution in [0.15, 0.2) is 48.8 Å². The third kappa shape index (κ3) is 3.46. The topological polar surface area (TPSA) is 78.5 Å². The molecule has 0 spiro atoms. The molecule has 0 atom stereocenters. The normalized spacial score (nSPS) is 10.9. The third-order valence-corrected chi connectivity index (χ3v) is 4.57. The fourth-order valence-electron chi connectivity index (χ4n) is 3.21. The van der Waals surface area contributed by atoms with E-state index in [1.54, 1.807) is 0 Å². The second-order valence-electron chi connectivity index (χ2n) is 6.46. The van der Waals surface area contributed by atoms with Crippen LogP contribution in [0.3, 0.4) is 0 Å². The fourth-order valence-corrected chi connectivity index (χ4v) is 3.21. The van der Waals surface area contributed by atoms with Gasteiger partial charge in [-0.2, -0.15) is 4.98 Å². The van der Waals surface area contributed by atoms with Crippen molar-refractivity contribution in [3.63, 3.8) is 0 Å². The number of benzene rings is 1. The number of hydrogen-bond acceptors (Lipinski definition) is 5. The second kappa shape index (κ2) is 7.07. The maximum Gasteiger partial charge on any atom is 0.229 e.